The SMILES string of the molecule is CC1CCC(OCc2ccccc2)CC1. The van der Waals surface area contributed by atoms with E-state index in [1.165, 1.54) is 31.2 Å². The Hall–Kier alpha value is -0.820. The van der Waals surface area contributed by atoms with Gasteiger partial charge in [0.15, 0.2) is 0 Å². The van der Waals surface area contributed by atoms with Crippen molar-refractivity contribution in [1.29, 1.82) is 0 Å². The molecule has 0 spiro atoms. The van der Waals surface area contributed by atoms with Crippen LogP contribution in [-0.2, 0) is 11.3 Å². The molecular weight excluding hydrogens is 184 g/mol. The van der Waals surface area contributed by atoms with Crippen molar-refractivity contribution in [1.82, 2.24) is 0 Å². The lowest BCUT2D eigenvalue weighted by Gasteiger charge is -2.26. The van der Waals surface area contributed by atoms with Gasteiger partial charge in [-0.1, -0.05) is 37.3 Å². The average molecular weight is 204 g/mol. The van der Waals surface area contributed by atoms with E-state index in [2.05, 4.69) is 31.2 Å². The fraction of sp³-hybridized carbons (Fsp3) is 0.571. The summed E-state index contributed by atoms with van der Waals surface area (Å²) in [5.41, 5.74) is 1.29. The summed E-state index contributed by atoms with van der Waals surface area (Å²) in [7, 11) is 0. The fourth-order valence-electron chi connectivity index (χ4n) is 2.18. The van der Waals surface area contributed by atoms with Gasteiger partial charge in [-0.05, 0) is 37.2 Å². The highest BCUT2D eigenvalue weighted by atomic mass is 16.5. The van der Waals surface area contributed by atoms with Crippen LogP contribution in [0.5, 0.6) is 0 Å². The van der Waals surface area contributed by atoms with E-state index in [9.17, 15) is 0 Å². The van der Waals surface area contributed by atoms with Crippen molar-refractivity contribution < 1.29 is 4.74 Å². The third kappa shape index (κ3) is 3.35. The molecule has 0 radical (unpaired) electrons. The number of benzene rings is 1. The Morgan fingerprint density at radius 3 is 2.40 bits per heavy atom. The lowest BCUT2D eigenvalue weighted by molar-refractivity contribution is 0.00877. The molecule has 0 atom stereocenters. The third-order valence-corrected chi connectivity index (χ3v) is 3.29. The normalized spacial score (nSPS) is 26.5. The monoisotopic (exact) mass is 204 g/mol. The summed E-state index contributed by atoms with van der Waals surface area (Å²) in [4.78, 5) is 0. The first-order chi connectivity index (χ1) is 7.34. The molecule has 0 aliphatic heterocycles. The van der Waals surface area contributed by atoms with Crippen LogP contribution in [0, 0.1) is 5.92 Å². The van der Waals surface area contributed by atoms with Gasteiger partial charge in [-0.2, -0.15) is 0 Å². The van der Waals surface area contributed by atoms with Gasteiger partial charge >= 0.3 is 0 Å². The maximum Gasteiger partial charge on any atom is 0.0720 e. The number of rotatable bonds is 3. The minimum absolute atomic E-state index is 0.501. The zero-order chi connectivity index (χ0) is 10.5. The smallest absolute Gasteiger partial charge is 0.0720 e. The van der Waals surface area contributed by atoms with Crippen LogP contribution in [0.4, 0.5) is 0 Å². The van der Waals surface area contributed by atoms with E-state index in [1.807, 2.05) is 6.07 Å². The molecule has 0 bridgehead atoms. The molecule has 1 heteroatoms. The fourth-order valence-corrected chi connectivity index (χ4v) is 2.18. The molecule has 1 aromatic rings. The molecule has 0 amide bonds. The summed E-state index contributed by atoms with van der Waals surface area (Å²) in [5, 5.41) is 0. The quantitative estimate of drug-likeness (QED) is 0.728. The van der Waals surface area contributed by atoms with Crippen molar-refractivity contribution in [3.05, 3.63) is 35.9 Å². The molecule has 0 unspecified atom stereocenters. The van der Waals surface area contributed by atoms with Gasteiger partial charge in [-0.15, -0.1) is 0 Å². The molecular formula is C14H20O. The molecule has 1 saturated carbocycles. The number of hydrogen-bond acceptors (Lipinski definition) is 1. The van der Waals surface area contributed by atoms with Crippen LogP contribution in [0.1, 0.15) is 38.2 Å². The highest BCUT2D eigenvalue weighted by molar-refractivity contribution is 5.13. The van der Waals surface area contributed by atoms with Gasteiger partial charge in [-0.3, -0.25) is 0 Å². The maximum atomic E-state index is 5.92. The van der Waals surface area contributed by atoms with Crippen molar-refractivity contribution in [2.75, 3.05) is 0 Å². The lowest BCUT2D eigenvalue weighted by atomic mass is 9.89. The van der Waals surface area contributed by atoms with Gasteiger partial charge in [0, 0.05) is 0 Å². The Balaban J connectivity index is 1.74. The molecule has 0 heterocycles. The zero-order valence-corrected chi connectivity index (χ0v) is 9.49. The highest BCUT2D eigenvalue weighted by Crippen LogP contribution is 2.26. The Labute approximate surface area is 92.5 Å². The molecule has 0 aromatic heterocycles. The summed E-state index contributed by atoms with van der Waals surface area (Å²) in [6.07, 6.45) is 5.65. The van der Waals surface area contributed by atoms with Crippen molar-refractivity contribution >= 4 is 0 Å². The Bertz CT molecular complexity index is 273. The molecule has 0 saturated heterocycles. The molecule has 1 aliphatic carbocycles. The molecule has 15 heavy (non-hydrogen) atoms. The Morgan fingerprint density at radius 1 is 1.07 bits per heavy atom. The van der Waals surface area contributed by atoms with Crippen molar-refractivity contribution in [2.45, 2.75) is 45.3 Å². The number of hydrogen-bond donors (Lipinski definition) is 0. The van der Waals surface area contributed by atoms with Gasteiger partial charge < -0.3 is 4.74 Å². The van der Waals surface area contributed by atoms with E-state index in [4.69, 9.17) is 4.74 Å². The first kappa shape index (κ1) is 10.7. The second kappa shape index (κ2) is 5.32. The third-order valence-electron chi connectivity index (χ3n) is 3.29. The average Bonchev–Trinajstić information content (AvgIpc) is 2.30. The summed E-state index contributed by atoms with van der Waals surface area (Å²) in [5.74, 6) is 0.904. The summed E-state index contributed by atoms with van der Waals surface area (Å²) < 4.78 is 5.92. The molecule has 1 aliphatic rings. The van der Waals surface area contributed by atoms with Crippen molar-refractivity contribution in [3.8, 4) is 0 Å². The van der Waals surface area contributed by atoms with Gasteiger partial charge in [0.1, 0.15) is 0 Å². The molecule has 82 valence electrons. The van der Waals surface area contributed by atoms with E-state index < -0.39 is 0 Å². The molecule has 1 nitrogen and oxygen atoms in total. The highest BCUT2D eigenvalue weighted by Gasteiger charge is 2.18. The minimum Gasteiger partial charge on any atom is -0.374 e. The lowest BCUT2D eigenvalue weighted by Crippen LogP contribution is -2.20. The second-order valence-electron chi connectivity index (χ2n) is 4.68. The first-order valence-electron chi connectivity index (χ1n) is 6.00. The summed E-state index contributed by atoms with van der Waals surface area (Å²) in [6.45, 7) is 3.12. The molecule has 2 rings (SSSR count). The van der Waals surface area contributed by atoms with Gasteiger partial charge in [-0.25, -0.2) is 0 Å². The molecule has 1 aromatic carbocycles. The largest absolute Gasteiger partial charge is 0.374 e. The van der Waals surface area contributed by atoms with E-state index in [1.54, 1.807) is 0 Å². The maximum absolute atomic E-state index is 5.92. The predicted molar refractivity (Wildman–Crippen MR) is 62.7 cm³/mol. The van der Waals surface area contributed by atoms with Crippen molar-refractivity contribution in [3.63, 3.8) is 0 Å². The van der Waals surface area contributed by atoms with Crippen LogP contribution in [0.25, 0.3) is 0 Å². The van der Waals surface area contributed by atoms with Crippen LogP contribution in [0.2, 0.25) is 0 Å². The van der Waals surface area contributed by atoms with Gasteiger partial charge in [0.25, 0.3) is 0 Å². The standard InChI is InChI=1S/C14H20O/c1-12-7-9-14(10-8-12)15-11-13-5-3-2-4-6-13/h2-6,12,14H,7-11H2,1H3. The zero-order valence-electron chi connectivity index (χ0n) is 9.49. The van der Waals surface area contributed by atoms with E-state index in [0.29, 0.717) is 6.10 Å². The molecule has 0 N–H and O–H groups in total. The van der Waals surface area contributed by atoms with E-state index >= 15 is 0 Å². The van der Waals surface area contributed by atoms with Crippen LogP contribution in [0.3, 0.4) is 0 Å². The van der Waals surface area contributed by atoms with Crippen LogP contribution in [0.15, 0.2) is 30.3 Å². The van der Waals surface area contributed by atoms with Crippen LogP contribution in [-0.4, -0.2) is 6.10 Å². The Morgan fingerprint density at radius 2 is 1.73 bits per heavy atom. The topological polar surface area (TPSA) is 9.23 Å². The van der Waals surface area contributed by atoms with Crippen LogP contribution >= 0.6 is 0 Å². The first-order valence-corrected chi connectivity index (χ1v) is 6.00. The summed E-state index contributed by atoms with van der Waals surface area (Å²) >= 11 is 0. The van der Waals surface area contributed by atoms with Crippen molar-refractivity contribution in [2.24, 2.45) is 5.92 Å². The molecule has 1 fully saturated rings. The van der Waals surface area contributed by atoms with E-state index in [-0.39, 0.29) is 0 Å². The second-order valence-corrected chi connectivity index (χ2v) is 4.68. The minimum atomic E-state index is 0.501. The van der Waals surface area contributed by atoms with Gasteiger partial charge in [0.2, 0.25) is 0 Å². The Kier molecular flexibility index (Phi) is 3.79. The number of ether oxygens (including phenoxy) is 1. The van der Waals surface area contributed by atoms with E-state index in [0.717, 1.165) is 12.5 Å². The van der Waals surface area contributed by atoms with Gasteiger partial charge in [0.05, 0.1) is 12.7 Å². The summed E-state index contributed by atoms with van der Waals surface area (Å²) in [6, 6.07) is 10.5. The predicted octanol–water partition coefficient (Wildman–Crippen LogP) is 3.78. The van der Waals surface area contributed by atoms with Crippen LogP contribution < -0.4 is 0 Å².